The van der Waals surface area contributed by atoms with Gasteiger partial charge in [-0.15, -0.1) is 0 Å². The zero-order chi connectivity index (χ0) is 25.6. The molecule has 0 bridgehead atoms. The third kappa shape index (κ3) is 4.44. The highest BCUT2D eigenvalue weighted by Gasteiger charge is 2.38. The van der Waals surface area contributed by atoms with Gasteiger partial charge >= 0.3 is 0 Å². The van der Waals surface area contributed by atoms with Crippen molar-refractivity contribution in [2.24, 2.45) is 0 Å². The van der Waals surface area contributed by atoms with Crippen LogP contribution in [-0.2, 0) is 12.0 Å². The van der Waals surface area contributed by atoms with Crippen LogP contribution in [-0.4, -0.2) is 14.5 Å². The number of hydrogen-bond donors (Lipinski definition) is 0. The lowest BCUT2D eigenvalue weighted by Crippen LogP contribution is -2.36. The molecule has 1 atom stereocenters. The predicted octanol–water partition coefficient (Wildman–Crippen LogP) is 7.49. The summed E-state index contributed by atoms with van der Waals surface area (Å²) in [5, 5.41) is 0. The molecule has 4 aromatic carbocycles. The van der Waals surface area contributed by atoms with Crippen LogP contribution in [0.2, 0.25) is 0 Å². The summed E-state index contributed by atoms with van der Waals surface area (Å²) in [5.74, 6) is 0.111. The number of nitrogens with zero attached hydrogens (tertiary/aromatic N) is 3. The fourth-order valence-corrected chi connectivity index (χ4v) is 5.51. The molecule has 0 amide bonds. The standard InChI is InChI=1S/C35H29N3/c1-5-15-28(16-6-1)33(34-23-13-14-24-36-34)25-32-26-38(27-37-32)35(29-17-7-2-8-18-29,30-19-9-3-10-20-30)31-21-11-4-12-22-31/h1-24,26-27,33H,25H2. The molecule has 0 aliphatic heterocycles. The topological polar surface area (TPSA) is 30.7 Å². The summed E-state index contributed by atoms with van der Waals surface area (Å²) in [6.07, 6.45) is 6.83. The summed E-state index contributed by atoms with van der Waals surface area (Å²) in [4.78, 5) is 9.70. The van der Waals surface area contributed by atoms with Gasteiger partial charge < -0.3 is 4.57 Å². The van der Waals surface area contributed by atoms with Crippen LogP contribution in [0.15, 0.2) is 158 Å². The van der Waals surface area contributed by atoms with Crippen molar-refractivity contribution in [2.75, 3.05) is 0 Å². The van der Waals surface area contributed by atoms with Gasteiger partial charge in [0, 0.05) is 30.4 Å². The van der Waals surface area contributed by atoms with E-state index < -0.39 is 5.54 Å². The number of hydrogen-bond acceptors (Lipinski definition) is 2. The van der Waals surface area contributed by atoms with Gasteiger partial charge in [0.1, 0.15) is 5.54 Å². The van der Waals surface area contributed by atoms with E-state index in [1.165, 1.54) is 22.3 Å². The summed E-state index contributed by atoms with van der Waals surface area (Å²) in [6.45, 7) is 0. The Labute approximate surface area is 224 Å². The average molecular weight is 492 g/mol. The summed E-state index contributed by atoms with van der Waals surface area (Å²) in [7, 11) is 0. The Morgan fingerprint density at radius 3 is 1.55 bits per heavy atom. The number of rotatable bonds is 8. The average Bonchev–Trinajstić information content (AvgIpc) is 3.48. The van der Waals surface area contributed by atoms with Crippen LogP contribution < -0.4 is 0 Å². The highest BCUT2D eigenvalue weighted by molar-refractivity contribution is 5.50. The van der Waals surface area contributed by atoms with Gasteiger partial charge in [-0.25, -0.2) is 4.98 Å². The first-order valence-electron chi connectivity index (χ1n) is 13.0. The Bertz CT molecular complexity index is 1430. The minimum Gasteiger partial charge on any atom is -0.319 e. The lowest BCUT2D eigenvalue weighted by molar-refractivity contribution is 0.514. The Morgan fingerprint density at radius 1 is 0.553 bits per heavy atom. The highest BCUT2D eigenvalue weighted by atomic mass is 15.1. The van der Waals surface area contributed by atoms with Gasteiger partial charge in [-0.05, 0) is 34.4 Å². The molecular formula is C35H29N3. The maximum absolute atomic E-state index is 4.98. The third-order valence-electron chi connectivity index (χ3n) is 7.26. The molecular weight excluding hydrogens is 462 g/mol. The number of aromatic nitrogens is 3. The summed E-state index contributed by atoms with van der Waals surface area (Å²) < 4.78 is 2.28. The van der Waals surface area contributed by atoms with Crippen molar-refractivity contribution in [2.45, 2.75) is 17.9 Å². The Hall–Kier alpha value is -4.76. The van der Waals surface area contributed by atoms with Crippen LogP contribution in [0.1, 0.15) is 39.6 Å². The van der Waals surface area contributed by atoms with Crippen molar-refractivity contribution in [3.8, 4) is 0 Å². The van der Waals surface area contributed by atoms with Crippen LogP contribution in [0, 0.1) is 0 Å². The predicted molar refractivity (Wildman–Crippen MR) is 153 cm³/mol. The smallest absolute Gasteiger partial charge is 0.121 e. The molecule has 1 unspecified atom stereocenters. The lowest BCUT2D eigenvalue weighted by Gasteiger charge is -2.37. The first-order valence-corrected chi connectivity index (χ1v) is 13.0. The van der Waals surface area contributed by atoms with Gasteiger partial charge in [-0.1, -0.05) is 127 Å². The first-order chi connectivity index (χ1) is 18.9. The molecule has 0 spiro atoms. The minimum absolute atomic E-state index is 0.111. The van der Waals surface area contributed by atoms with Gasteiger partial charge in [0.25, 0.3) is 0 Å². The van der Waals surface area contributed by atoms with Gasteiger partial charge in [-0.2, -0.15) is 0 Å². The SMILES string of the molecule is c1ccc(C(Cc2cn(C(c3ccccc3)(c3ccccc3)c3ccccc3)cn2)c2ccccn2)cc1. The van der Waals surface area contributed by atoms with Gasteiger partial charge in [0.15, 0.2) is 0 Å². The van der Waals surface area contributed by atoms with Crippen molar-refractivity contribution >= 4 is 0 Å². The first kappa shape index (κ1) is 23.6. The van der Waals surface area contributed by atoms with Crippen molar-refractivity contribution in [3.63, 3.8) is 0 Å². The van der Waals surface area contributed by atoms with Gasteiger partial charge in [0.2, 0.25) is 0 Å². The fraction of sp³-hybridized carbons (Fsp3) is 0.0857. The Balaban J connectivity index is 1.50. The molecule has 6 rings (SSSR count). The van der Waals surface area contributed by atoms with E-state index >= 15 is 0 Å². The molecule has 2 heterocycles. The van der Waals surface area contributed by atoms with E-state index in [1.807, 2.05) is 18.6 Å². The summed E-state index contributed by atoms with van der Waals surface area (Å²) in [5.41, 5.74) is 6.30. The summed E-state index contributed by atoms with van der Waals surface area (Å²) >= 11 is 0. The van der Waals surface area contributed by atoms with E-state index in [-0.39, 0.29) is 5.92 Å². The maximum atomic E-state index is 4.98. The number of benzene rings is 4. The molecule has 0 radical (unpaired) electrons. The molecule has 3 heteroatoms. The summed E-state index contributed by atoms with van der Waals surface area (Å²) in [6, 6.07) is 48.9. The van der Waals surface area contributed by atoms with E-state index in [1.54, 1.807) is 0 Å². The van der Waals surface area contributed by atoms with Crippen molar-refractivity contribution in [3.05, 3.63) is 192 Å². The molecule has 0 fully saturated rings. The maximum Gasteiger partial charge on any atom is 0.121 e. The third-order valence-corrected chi connectivity index (χ3v) is 7.26. The van der Waals surface area contributed by atoms with Crippen LogP contribution >= 0.6 is 0 Å². The van der Waals surface area contributed by atoms with E-state index in [9.17, 15) is 0 Å². The fourth-order valence-electron chi connectivity index (χ4n) is 5.51. The van der Waals surface area contributed by atoms with Crippen LogP contribution in [0.3, 0.4) is 0 Å². The molecule has 0 aliphatic carbocycles. The van der Waals surface area contributed by atoms with Crippen molar-refractivity contribution < 1.29 is 0 Å². The molecule has 184 valence electrons. The second kappa shape index (κ2) is 10.7. The van der Waals surface area contributed by atoms with Crippen LogP contribution in [0.4, 0.5) is 0 Å². The highest BCUT2D eigenvalue weighted by Crippen LogP contribution is 2.41. The second-order valence-corrected chi connectivity index (χ2v) is 9.50. The zero-order valence-electron chi connectivity index (χ0n) is 21.1. The molecule has 3 nitrogen and oxygen atoms in total. The van der Waals surface area contributed by atoms with Crippen LogP contribution in [0.25, 0.3) is 0 Å². The molecule has 38 heavy (non-hydrogen) atoms. The second-order valence-electron chi connectivity index (χ2n) is 9.50. The van der Waals surface area contributed by atoms with Crippen LogP contribution in [0.5, 0.6) is 0 Å². The molecule has 0 aliphatic rings. The molecule has 0 saturated carbocycles. The van der Waals surface area contributed by atoms with Crippen molar-refractivity contribution in [1.29, 1.82) is 0 Å². The van der Waals surface area contributed by atoms with E-state index in [0.717, 1.165) is 17.8 Å². The Morgan fingerprint density at radius 2 is 1.05 bits per heavy atom. The van der Waals surface area contributed by atoms with Crippen molar-refractivity contribution in [1.82, 2.24) is 14.5 Å². The van der Waals surface area contributed by atoms with E-state index in [4.69, 9.17) is 9.97 Å². The zero-order valence-corrected chi connectivity index (χ0v) is 21.1. The number of imidazole rings is 1. The molecule has 0 N–H and O–H groups in total. The normalized spacial score (nSPS) is 12.2. The van der Waals surface area contributed by atoms with Gasteiger partial charge in [0.05, 0.1) is 12.0 Å². The van der Waals surface area contributed by atoms with E-state index in [2.05, 4.69) is 144 Å². The molecule has 2 aromatic heterocycles. The largest absolute Gasteiger partial charge is 0.319 e. The Kier molecular flexibility index (Phi) is 6.65. The number of pyridine rings is 1. The van der Waals surface area contributed by atoms with Gasteiger partial charge in [-0.3, -0.25) is 4.98 Å². The lowest BCUT2D eigenvalue weighted by atomic mass is 9.76. The quantitative estimate of drug-likeness (QED) is 0.207. The molecule has 0 saturated heterocycles. The van der Waals surface area contributed by atoms with E-state index in [0.29, 0.717) is 0 Å². The minimum atomic E-state index is -0.567. The molecule has 6 aromatic rings. The monoisotopic (exact) mass is 491 g/mol.